The van der Waals surface area contributed by atoms with E-state index in [0.29, 0.717) is 31.4 Å². The molecular weight excluding hydrogens is 268 g/mol. The van der Waals surface area contributed by atoms with Gasteiger partial charge in [-0.1, -0.05) is 0 Å². The lowest BCUT2D eigenvalue weighted by atomic mass is 9.87. The van der Waals surface area contributed by atoms with Gasteiger partial charge in [0.15, 0.2) is 0 Å². The Kier molecular flexibility index (Phi) is 4.89. The second-order valence-corrected chi connectivity index (χ2v) is 4.90. The number of aliphatic hydroxyl groups is 1. The van der Waals surface area contributed by atoms with Crippen LogP contribution in [0, 0.1) is 5.92 Å². The summed E-state index contributed by atoms with van der Waals surface area (Å²) < 4.78 is 28.2. The molecule has 1 aliphatic carbocycles. The molecule has 4 nitrogen and oxygen atoms in total. The Morgan fingerprint density at radius 2 is 1.80 bits per heavy atom. The van der Waals surface area contributed by atoms with Gasteiger partial charge in [-0.15, -0.1) is 0 Å². The molecule has 0 heterocycles. The van der Waals surface area contributed by atoms with Crippen LogP contribution >= 0.6 is 0 Å². The molecule has 0 spiro atoms. The standard InChI is InChI=1S/C14H17F2NO3/c15-14(16)20-12-7-3-10(4-8-12)17-13(19)9-1-5-11(18)6-2-9/h3-4,7-9,11,14,18H,1-2,5-6H2,(H,17,19). The number of anilines is 1. The summed E-state index contributed by atoms with van der Waals surface area (Å²) >= 11 is 0. The van der Waals surface area contributed by atoms with Crippen LogP contribution in [0.4, 0.5) is 14.5 Å². The summed E-state index contributed by atoms with van der Waals surface area (Å²) in [4.78, 5) is 12.0. The molecule has 0 bridgehead atoms. The maximum absolute atomic E-state index is 12.0. The summed E-state index contributed by atoms with van der Waals surface area (Å²) in [6.45, 7) is -2.86. The summed E-state index contributed by atoms with van der Waals surface area (Å²) in [6, 6.07) is 5.80. The van der Waals surface area contributed by atoms with Gasteiger partial charge < -0.3 is 15.2 Å². The van der Waals surface area contributed by atoms with E-state index in [-0.39, 0.29) is 23.7 Å². The highest BCUT2D eigenvalue weighted by Crippen LogP contribution is 2.26. The molecule has 1 saturated carbocycles. The Hall–Kier alpha value is -1.69. The first-order valence-electron chi connectivity index (χ1n) is 6.58. The second kappa shape index (κ2) is 6.65. The third-order valence-electron chi connectivity index (χ3n) is 3.41. The topological polar surface area (TPSA) is 58.6 Å². The van der Waals surface area contributed by atoms with Gasteiger partial charge in [0.2, 0.25) is 5.91 Å². The first-order chi connectivity index (χ1) is 9.54. The molecule has 1 amide bonds. The van der Waals surface area contributed by atoms with Gasteiger partial charge in [-0.25, -0.2) is 0 Å². The summed E-state index contributed by atoms with van der Waals surface area (Å²) in [6.07, 6.45) is 2.31. The zero-order valence-electron chi connectivity index (χ0n) is 10.9. The zero-order valence-corrected chi connectivity index (χ0v) is 10.9. The number of nitrogens with one attached hydrogen (secondary N) is 1. The molecule has 2 rings (SSSR count). The number of aliphatic hydroxyl groups excluding tert-OH is 1. The van der Waals surface area contributed by atoms with E-state index in [9.17, 15) is 18.7 Å². The lowest BCUT2D eigenvalue weighted by Gasteiger charge is -2.24. The Labute approximate surface area is 115 Å². The number of carbonyl (C=O) groups is 1. The third-order valence-corrected chi connectivity index (χ3v) is 3.41. The van der Waals surface area contributed by atoms with Crippen molar-refractivity contribution in [3.8, 4) is 5.75 Å². The van der Waals surface area contributed by atoms with Gasteiger partial charge in [-0.05, 0) is 49.9 Å². The maximum Gasteiger partial charge on any atom is 0.387 e. The van der Waals surface area contributed by atoms with Crippen LogP contribution in [0.2, 0.25) is 0 Å². The highest BCUT2D eigenvalue weighted by molar-refractivity contribution is 5.92. The molecule has 1 aliphatic rings. The Balaban J connectivity index is 1.88. The predicted molar refractivity (Wildman–Crippen MR) is 69.7 cm³/mol. The highest BCUT2D eigenvalue weighted by atomic mass is 19.3. The number of halogens is 2. The highest BCUT2D eigenvalue weighted by Gasteiger charge is 2.25. The zero-order chi connectivity index (χ0) is 14.5. The van der Waals surface area contributed by atoms with Crippen molar-refractivity contribution in [1.29, 1.82) is 0 Å². The van der Waals surface area contributed by atoms with Crippen LogP contribution in [0.3, 0.4) is 0 Å². The van der Waals surface area contributed by atoms with E-state index in [1.54, 1.807) is 0 Å². The first kappa shape index (κ1) is 14.7. The number of amides is 1. The maximum atomic E-state index is 12.0. The number of carbonyl (C=O) groups excluding carboxylic acids is 1. The fraction of sp³-hybridized carbons (Fsp3) is 0.500. The number of alkyl halides is 2. The molecular formula is C14H17F2NO3. The van der Waals surface area contributed by atoms with E-state index in [0.717, 1.165) is 0 Å². The lowest BCUT2D eigenvalue weighted by molar-refractivity contribution is -0.121. The van der Waals surface area contributed by atoms with Gasteiger partial charge in [0.1, 0.15) is 5.75 Å². The van der Waals surface area contributed by atoms with E-state index in [1.165, 1.54) is 24.3 Å². The van der Waals surface area contributed by atoms with E-state index >= 15 is 0 Å². The average molecular weight is 285 g/mol. The molecule has 1 aromatic rings. The van der Waals surface area contributed by atoms with Crippen molar-refractivity contribution in [3.63, 3.8) is 0 Å². The monoisotopic (exact) mass is 285 g/mol. The van der Waals surface area contributed by atoms with Crippen molar-refractivity contribution >= 4 is 11.6 Å². The molecule has 1 aromatic carbocycles. The van der Waals surface area contributed by atoms with Gasteiger partial charge >= 0.3 is 6.61 Å². The molecule has 0 aliphatic heterocycles. The van der Waals surface area contributed by atoms with Crippen molar-refractivity contribution in [2.24, 2.45) is 5.92 Å². The second-order valence-electron chi connectivity index (χ2n) is 4.90. The lowest BCUT2D eigenvalue weighted by Crippen LogP contribution is -2.28. The average Bonchev–Trinajstić information content (AvgIpc) is 2.41. The van der Waals surface area contributed by atoms with Crippen LogP contribution in [0.5, 0.6) is 5.75 Å². The molecule has 2 N–H and O–H groups in total. The van der Waals surface area contributed by atoms with E-state index in [2.05, 4.69) is 10.1 Å². The largest absolute Gasteiger partial charge is 0.435 e. The predicted octanol–water partition coefficient (Wildman–Crippen LogP) is 2.78. The van der Waals surface area contributed by atoms with Gasteiger partial charge in [-0.3, -0.25) is 4.79 Å². The number of benzene rings is 1. The molecule has 6 heteroatoms. The Morgan fingerprint density at radius 1 is 1.20 bits per heavy atom. The van der Waals surface area contributed by atoms with Gasteiger partial charge in [0.05, 0.1) is 6.10 Å². The van der Waals surface area contributed by atoms with Gasteiger partial charge in [0.25, 0.3) is 0 Å². The van der Waals surface area contributed by atoms with Gasteiger partial charge in [0, 0.05) is 11.6 Å². The molecule has 0 atom stereocenters. The van der Waals surface area contributed by atoms with Crippen LogP contribution in [-0.2, 0) is 4.79 Å². The van der Waals surface area contributed by atoms with Crippen molar-refractivity contribution in [1.82, 2.24) is 0 Å². The summed E-state index contributed by atoms with van der Waals surface area (Å²) in [7, 11) is 0. The van der Waals surface area contributed by atoms with Crippen molar-refractivity contribution < 1.29 is 23.4 Å². The number of rotatable bonds is 4. The normalized spacial score (nSPS) is 22.6. The minimum atomic E-state index is -2.86. The molecule has 0 aromatic heterocycles. The van der Waals surface area contributed by atoms with Crippen LogP contribution in [0.1, 0.15) is 25.7 Å². The van der Waals surface area contributed by atoms with Crippen LogP contribution in [-0.4, -0.2) is 23.7 Å². The number of hydrogen-bond acceptors (Lipinski definition) is 3. The smallest absolute Gasteiger partial charge is 0.387 e. The molecule has 0 saturated heterocycles. The molecule has 0 unspecified atom stereocenters. The van der Waals surface area contributed by atoms with Crippen LogP contribution in [0.25, 0.3) is 0 Å². The van der Waals surface area contributed by atoms with E-state index in [1.807, 2.05) is 0 Å². The Morgan fingerprint density at radius 3 is 2.35 bits per heavy atom. The summed E-state index contributed by atoms with van der Waals surface area (Å²) in [5.74, 6) is -0.145. The number of hydrogen-bond donors (Lipinski definition) is 2. The third kappa shape index (κ3) is 4.16. The fourth-order valence-corrected chi connectivity index (χ4v) is 2.30. The number of ether oxygens (including phenoxy) is 1. The Bertz CT molecular complexity index is 442. The minimum absolute atomic E-state index is 0.0544. The van der Waals surface area contributed by atoms with Crippen molar-refractivity contribution in [2.75, 3.05) is 5.32 Å². The molecule has 0 radical (unpaired) electrons. The SMILES string of the molecule is O=C(Nc1ccc(OC(F)F)cc1)C1CCC(O)CC1. The first-order valence-corrected chi connectivity index (χ1v) is 6.58. The molecule has 110 valence electrons. The molecule has 1 fully saturated rings. The molecule has 20 heavy (non-hydrogen) atoms. The quantitative estimate of drug-likeness (QED) is 0.894. The summed E-state index contributed by atoms with van der Waals surface area (Å²) in [5, 5.41) is 12.1. The van der Waals surface area contributed by atoms with E-state index < -0.39 is 6.61 Å². The van der Waals surface area contributed by atoms with E-state index in [4.69, 9.17) is 0 Å². The van der Waals surface area contributed by atoms with Crippen LogP contribution in [0.15, 0.2) is 24.3 Å². The van der Waals surface area contributed by atoms with Crippen molar-refractivity contribution in [3.05, 3.63) is 24.3 Å². The van der Waals surface area contributed by atoms with Crippen LogP contribution < -0.4 is 10.1 Å². The van der Waals surface area contributed by atoms with Crippen molar-refractivity contribution in [2.45, 2.75) is 38.4 Å². The summed E-state index contributed by atoms with van der Waals surface area (Å²) in [5.41, 5.74) is 0.544. The van der Waals surface area contributed by atoms with Gasteiger partial charge in [-0.2, -0.15) is 8.78 Å². The minimum Gasteiger partial charge on any atom is -0.435 e. The fourth-order valence-electron chi connectivity index (χ4n) is 2.30.